The Morgan fingerprint density at radius 3 is 2.56 bits per heavy atom. The summed E-state index contributed by atoms with van der Waals surface area (Å²) < 4.78 is 0. The molecule has 0 atom stereocenters. The first-order valence-corrected chi connectivity index (χ1v) is 6.80. The molecule has 0 aliphatic rings. The van der Waals surface area contributed by atoms with Crippen LogP contribution in [0.2, 0.25) is 5.02 Å². The molecule has 2 rings (SSSR count). The Labute approximate surface area is 113 Å². The molecule has 1 aromatic carbocycles. The molecule has 0 bridgehead atoms. The molecule has 96 valence electrons. The summed E-state index contributed by atoms with van der Waals surface area (Å²) in [5, 5.41) is 5.32. The molecule has 18 heavy (non-hydrogen) atoms. The first-order valence-electron chi connectivity index (χ1n) is 6.42. The first kappa shape index (κ1) is 13.2. The average molecular weight is 263 g/mol. The minimum atomic E-state index is 0.765. The van der Waals surface area contributed by atoms with Gasteiger partial charge in [0, 0.05) is 23.3 Å². The summed E-state index contributed by atoms with van der Waals surface area (Å²) in [6.45, 7) is 9.27. The maximum atomic E-state index is 6.39. The van der Waals surface area contributed by atoms with Crippen molar-refractivity contribution in [2.75, 3.05) is 11.9 Å². The summed E-state index contributed by atoms with van der Waals surface area (Å²) >= 11 is 6.39. The van der Waals surface area contributed by atoms with Crippen molar-refractivity contribution >= 4 is 28.2 Å². The quantitative estimate of drug-likeness (QED) is 0.881. The molecular formula is C15H19ClN2. The van der Waals surface area contributed by atoms with Gasteiger partial charge in [0.25, 0.3) is 0 Å². The highest BCUT2D eigenvalue weighted by atomic mass is 35.5. The number of pyridine rings is 1. The number of aryl methyl sites for hydroxylation is 2. The monoisotopic (exact) mass is 262 g/mol. The second kappa shape index (κ2) is 5.15. The van der Waals surface area contributed by atoms with Gasteiger partial charge in [-0.25, -0.2) is 0 Å². The van der Waals surface area contributed by atoms with Gasteiger partial charge in [0.2, 0.25) is 0 Å². The van der Waals surface area contributed by atoms with Gasteiger partial charge >= 0.3 is 0 Å². The summed E-state index contributed by atoms with van der Waals surface area (Å²) in [5.41, 5.74) is 5.50. The maximum Gasteiger partial charge on any atom is 0.0915 e. The Bertz CT molecular complexity index is 591. The van der Waals surface area contributed by atoms with Crippen molar-refractivity contribution < 1.29 is 0 Å². The Kier molecular flexibility index (Phi) is 3.76. The molecule has 0 unspecified atom stereocenters. The van der Waals surface area contributed by atoms with Crippen molar-refractivity contribution in [1.29, 1.82) is 0 Å². The van der Waals surface area contributed by atoms with Crippen LogP contribution in [0.15, 0.2) is 12.1 Å². The van der Waals surface area contributed by atoms with E-state index in [1.165, 1.54) is 11.3 Å². The molecule has 0 amide bonds. The molecule has 0 radical (unpaired) electrons. The lowest BCUT2D eigenvalue weighted by Gasteiger charge is -2.16. The fraction of sp³-hybridized carbons (Fsp3) is 0.400. The van der Waals surface area contributed by atoms with E-state index < -0.39 is 0 Å². The lowest BCUT2D eigenvalue weighted by Crippen LogP contribution is -2.04. The van der Waals surface area contributed by atoms with Crippen molar-refractivity contribution in [3.63, 3.8) is 0 Å². The average Bonchev–Trinajstić information content (AvgIpc) is 2.37. The lowest BCUT2D eigenvalue weighted by atomic mass is 10.0. The van der Waals surface area contributed by atoms with Crippen LogP contribution in [0.3, 0.4) is 0 Å². The number of hydrogen-bond donors (Lipinski definition) is 1. The number of benzene rings is 1. The molecule has 2 aromatic rings. The topological polar surface area (TPSA) is 24.9 Å². The van der Waals surface area contributed by atoms with E-state index in [0.29, 0.717) is 0 Å². The van der Waals surface area contributed by atoms with Crippen LogP contribution in [-0.4, -0.2) is 11.5 Å². The molecule has 0 saturated heterocycles. The van der Waals surface area contributed by atoms with E-state index >= 15 is 0 Å². The molecule has 1 aromatic heterocycles. The smallest absolute Gasteiger partial charge is 0.0915 e. The van der Waals surface area contributed by atoms with Crippen molar-refractivity contribution in [3.8, 4) is 0 Å². The molecule has 1 N–H and O–H groups in total. The highest BCUT2D eigenvalue weighted by Gasteiger charge is 2.13. The van der Waals surface area contributed by atoms with Gasteiger partial charge in [-0.1, -0.05) is 30.7 Å². The normalized spacial score (nSPS) is 10.9. The van der Waals surface area contributed by atoms with E-state index in [2.05, 4.69) is 38.2 Å². The van der Waals surface area contributed by atoms with Crippen molar-refractivity contribution in [2.45, 2.75) is 34.1 Å². The molecule has 0 saturated carbocycles. The van der Waals surface area contributed by atoms with Crippen LogP contribution in [0.25, 0.3) is 10.9 Å². The molecule has 2 nitrogen and oxygen atoms in total. The molecular weight excluding hydrogens is 244 g/mol. The van der Waals surface area contributed by atoms with Gasteiger partial charge in [0.1, 0.15) is 0 Å². The van der Waals surface area contributed by atoms with E-state index in [9.17, 15) is 0 Å². The zero-order valence-electron chi connectivity index (χ0n) is 11.4. The molecule has 0 fully saturated rings. The van der Waals surface area contributed by atoms with Crippen LogP contribution in [-0.2, 0) is 6.42 Å². The van der Waals surface area contributed by atoms with E-state index in [4.69, 9.17) is 16.6 Å². The fourth-order valence-corrected chi connectivity index (χ4v) is 2.50. The lowest BCUT2D eigenvalue weighted by molar-refractivity contribution is 1.02. The zero-order valence-corrected chi connectivity index (χ0v) is 12.2. The van der Waals surface area contributed by atoms with Crippen LogP contribution in [0, 0.1) is 13.8 Å². The van der Waals surface area contributed by atoms with E-state index in [1.807, 2.05) is 6.92 Å². The van der Waals surface area contributed by atoms with Gasteiger partial charge < -0.3 is 5.32 Å². The van der Waals surface area contributed by atoms with Crippen LogP contribution >= 0.6 is 11.6 Å². The van der Waals surface area contributed by atoms with E-state index in [-0.39, 0.29) is 0 Å². The predicted octanol–water partition coefficient (Wildman–Crippen LogP) is 4.50. The Morgan fingerprint density at radius 1 is 1.22 bits per heavy atom. The van der Waals surface area contributed by atoms with Crippen LogP contribution < -0.4 is 5.32 Å². The standard InChI is InChI=1S/C15H19ClN2/c1-5-12-10(4)14(17-6-2)11-8-7-9(3)13(16)15(11)18-12/h7-8H,5-6H2,1-4H3,(H,17,18). The SMILES string of the molecule is CCNc1c(C)c(CC)nc2c(Cl)c(C)ccc12. The van der Waals surface area contributed by atoms with Gasteiger partial charge in [-0.15, -0.1) is 0 Å². The minimum absolute atomic E-state index is 0.765. The third-order valence-corrected chi connectivity index (χ3v) is 3.80. The summed E-state index contributed by atoms with van der Waals surface area (Å²) in [7, 11) is 0. The number of halogens is 1. The molecule has 0 aliphatic heterocycles. The highest BCUT2D eigenvalue weighted by Crippen LogP contribution is 2.33. The minimum Gasteiger partial charge on any atom is -0.385 e. The highest BCUT2D eigenvalue weighted by molar-refractivity contribution is 6.36. The van der Waals surface area contributed by atoms with Crippen LogP contribution in [0.1, 0.15) is 30.7 Å². The van der Waals surface area contributed by atoms with Crippen LogP contribution in [0.5, 0.6) is 0 Å². The van der Waals surface area contributed by atoms with Gasteiger partial charge in [0.05, 0.1) is 10.5 Å². The number of fused-ring (bicyclic) bond motifs is 1. The van der Waals surface area contributed by atoms with Crippen LogP contribution in [0.4, 0.5) is 5.69 Å². The Hall–Kier alpha value is -1.28. The summed E-state index contributed by atoms with van der Waals surface area (Å²) in [6, 6.07) is 4.16. The van der Waals surface area contributed by atoms with Gasteiger partial charge in [-0.3, -0.25) is 4.98 Å². The number of anilines is 1. The second-order valence-corrected chi connectivity index (χ2v) is 4.91. The molecule has 3 heteroatoms. The van der Waals surface area contributed by atoms with Gasteiger partial charge in [-0.05, 0) is 38.3 Å². The number of rotatable bonds is 3. The number of hydrogen-bond acceptors (Lipinski definition) is 2. The summed E-state index contributed by atoms with van der Waals surface area (Å²) in [4.78, 5) is 4.72. The molecule has 1 heterocycles. The first-order chi connectivity index (χ1) is 8.60. The number of aromatic nitrogens is 1. The van der Waals surface area contributed by atoms with Crippen molar-refractivity contribution in [1.82, 2.24) is 4.98 Å². The zero-order chi connectivity index (χ0) is 13.3. The van der Waals surface area contributed by atoms with Crippen molar-refractivity contribution in [3.05, 3.63) is 34.0 Å². The maximum absolute atomic E-state index is 6.39. The van der Waals surface area contributed by atoms with E-state index in [1.54, 1.807) is 0 Å². The largest absolute Gasteiger partial charge is 0.385 e. The third kappa shape index (κ3) is 2.05. The summed E-state index contributed by atoms with van der Waals surface area (Å²) in [5.74, 6) is 0. The fourth-order valence-electron chi connectivity index (χ4n) is 2.29. The summed E-state index contributed by atoms with van der Waals surface area (Å²) in [6.07, 6.45) is 0.921. The van der Waals surface area contributed by atoms with Gasteiger partial charge in [0.15, 0.2) is 0 Å². The third-order valence-electron chi connectivity index (χ3n) is 3.32. The predicted molar refractivity (Wildman–Crippen MR) is 79.8 cm³/mol. The Balaban J connectivity index is 2.85. The molecule has 0 spiro atoms. The van der Waals surface area contributed by atoms with Crippen molar-refractivity contribution in [2.24, 2.45) is 0 Å². The number of nitrogens with zero attached hydrogens (tertiary/aromatic N) is 1. The molecule has 0 aliphatic carbocycles. The number of nitrogens with one attached hydrogen (secondary N) is 1. The van der Waals surface area contributed by atoms with Gasteiger partial charge in [-0.2, -0.15) is 0 Å². The second-order valence-electron chi connectivity index (χ2n) is 4.53. The Morgan fingerprint density at radius 2 is 1.94 bits per heavy atom. The van der Waals surface area contributed by atoms with E-state index in [0.717, 1.165) is 40.1 Å².